The molecule has 8 heteroatoms. The third-order valence-corrected chi connectivity index (χ3v) is 9.24. The van der Waals surface area contributed by atoms with E-state index in [1.165, 1.54) is 24.3 Å². The van der Waals surface area contributed by atoms with Gasteiger partial charge in [-0.25, -0.2) is 8.78 Å². The molecule has 0 unspecified atom stereocenters. The Morgan fingerprint density at radius 1 is 0.740 bits per heavy atom. The lowest BCUT2D eigenvalue weighted by atomic mass is 9.90. The Labute approximate surface area is 292 Å². The first-order valence-corrected chi connectivity index (χ1v) is 16.9. The van der Waals surface area contributed by atoms with Gasteiger partial charge in [0.1, 0.15) is 28.7 Å². The Morgan fingerprint density at radius 3 is 2.00 bits per heavy atom. The lowest BCUT2D eigenvalue weighted by molar-refractivity contribution is -0.111. The summed E-state index contributed by atoms with van der Waals surface area (Å²) in [5.41, 5.74) is 8.62. The number of hydrogen-bond donors (Lipinski definition) is 2. The van der Waals surface area contributed by atoms with Crippen LogP contribution in [0.15, 0.2) is 66.7 Å². The number of rotatable bonds is 5. The largest absolute Gasteiger partial charge is 0.496 e. The number of aryl methyl sites for hydroxylation is 1. The first-order chi connectivity index (χ1) is 23.7. The van der Waals surface area contributed by atoms with Crippen LogP contribution in [0.2, 0.25) is 0 Å². The molecule has 0 saturated carbocycles. The van der Waals surface area contributed by atoms with Crippen molar-refractivity contribution >= 4 is 46.5 Å². The van der Waals surface area contributed by atoms with Crippen molar-refractivity contribution in [3.05, 3.63) is 117 Å². The zero-order valence-corrected chi connectivity index (χ0v) is 29.5. The summed E-state index contributed by atoms with van der Waals surface area (Å²) >= 11 is 0. The summed E-state index contributed by atoms with van der Waals surface area (Å²) in [4.78, 5) is 24.6. The van der Waals surface area contributed by atoms with Crippen molar-refractivity contribution in [1.82, 2.24) is 0 Å². The molecule has 2 N–H and O–H groups in total. The summed E-state index contributed by atoms with van der Waals surface area (Å²) in [6.45, 7) is 12.7. The van der Waals surface area contributed by atoms with Crippen LogP contribution in [0.25, 0.3) is 23.3 Å². The van der Waals surface area contributed by atoms with E-state index in [0.29, 0.717) is 39.9 Å². The zero-order chi connectivity index (χ0) is 35.9. The second-order valence-electron chi connectivity index (χ2n) is 14.2. The molecule has 4 aromatic rings. The molecular formula is C42H42F2N2O4. The van der Waals surface area contributed by atoms with E-state index in [1.807, 2.05) is 24.3 Å². The van der Waals surface area contributed by atoms with E-state index in [-0.39, 0.29) is 29.0 Å². The number of methoxy groups -OCH3 is 1. The van der Waals surface area contributed by atoms with Crippen LogP contribution in [0, 0.1) is 11.6 Å². The van der Waals surface area contributed by atoms with Gasteiger partial charge in [0.15, 0.2) is 0 Å². The summed E-state index contributed by atoms with van der Waals surface area (Å²) in [6.07, 6.45) is 5.57. The molecule has 0 saturated heterocycles. The lowest BCUT2D eigenvalue weighted by Gasteiger charge is -2.32. The molecular weight excluding hydrogens is 634 g/mol. The van der Waals surface area contributed by atoms with Gasteiger partial charge in [-0.15, -0.1) is 0 Å². The molecule has 0 bridgehead atoms. The van der Waals surface area contributed by atoms with E-state index in [4.69, 9.17) is 9.47 Å². The lowest BCUT2D eigenvalue weighted by Crippen LogP contribution is -2.32. The van der Waals surface area contributed by atoms with Gasteiger partial charge in [-0.3, -0.25) is 9.59 Å². The van der Waals surface area contributed by atoms with Gasteiger partial charge in [0.05, 0.1) is 12.8 Å². The predicted octanol–water partition coefficient (Wildman–Crippen LogP) is 10.00. The number of fused-ring (bicyclic) bond motifs is 3. The fraction of sp³-hybridized carbons (Fsp3) is 0.286. The zero-order valence-electron chi connectivity index (χ0n) is 29.5. The van der Waals surface area contributed by atoms with E-state index >= 15 is 0 Å². The van der Waals surface area contributed by atoms with Crippen molar-refractivity contribution in [3.8, 4) is 11.5 Å². The van der Waals surface area contributed by atoms with Crippen molar-refractivity contribution < 1.29 is 27.8 Å². The fourth-order valence-electron chi connectivity index (χ4n) is 6.59. The van der Waals surface area contributed by atoms with Crippen LogP contribution in [-0.4, -0.2) is 24.5 Å². The summed E-state index contributed by atoms with van der Waals surface area (Å²) in [5, 5.41) is 5.50. The minimum atomic E-state index is -0.362. The number of hydrogen-bond acceptors (Lipinski definition) is 4. The van der Waals surface area contributed by atoms with E-state index in [1.54, 1.807) is 25.3 Å². The Hall–Kier alpha value is -5.24. The normalized spacial score (nSPS) is 17.1. The minimum absolute atomic E-state index is 0.144. The van der Waals surface area contributed by atoms with Crippen molar-refractivity contribution in [2.75, 3.05) is 17.7 Å². The van der Waals surface area contributed by atoms with Gasteiger partial charge < -0.3 is 20.1 Å². The molecule has 0 aromatic heterocycles. The Morgan fingerprint density at radius 2 is 1.34 bits per heavy atom. The second-order valence-corrected chi connectivity index (χ2v) is 14.2. The number of amides is 2. The molecule has 0 atom stereocenters. The molecule has 6 nitrogen and oxygen atoms in total. The van der Waals surface area contributed by atoms with Gasteiger partial charge in [-0.05, 0) is 139 Å². The molecule has 258 valence electrons. The second kappa shape index (κ2) is 13.6. The molecule has 3 aliphatic rings. The predicted molar refractivity (Wildman–Crippen MR) is 196 cm³/mol. The summed E-state index contributed by atoms with van der Waals surface area (Å²) < 4.78 is 38.6. The Bertz CT molecular complexity index is 2050. The number of carbonyl (C=O) groups is 2. The molecule has 0 aliphatic carbocycles. The van der Waals surface area contributed by atoms with Crippen molar-refractivity contribution in [2.45, 2.75) is 71.8 Å². The monoisotopic (exact) mass is 676 g/mol. The average Bonchev–Trinajstić information content (AvgIpc) is 3.53. The Kier molecular flexibility index (Phi) is 9.40. The van der Waals surface area contributed by atoms with Gasteiger partial charge in [-0.2, -0.15) is 0 Å². The molecule has 3 heterocycles. The third-order valence-electron chi connectivity index (χ3n) is 9.24. The first-order valence-electron chi connectivity index (χ1n) is 16.9. The Balaban J connectivity index is 0.000000173. The fourth-order valence-corrected chi connectivity index (χ4v) is 6.59. The van der Waals surface area contributed by atoms with Crippen molar-refractivity contribution in [1.29, 1.82) is 0 Å². The molecule has 0 spiro atoms. The minimum Gasteiger partial charge on any atom is -0.496 e. The molecule has 4 aromatic carbocycles. The van der Waals surface area contributed by atoms with Gasteiger partial charge in [0, 0.05) is 28.0 Å². The number of halogens is 2. The van der Waals surface area contributed by atoms with Gasteiger partial charge in [-0.1, -0.05) is 33.8 Å². The number of anilines is 2. The molecule has 0 fully saturated rings. The average molecular weight is 677 g/mol. The quantitative estimate of drug-likeness (QED) is 0.206. The highest BCUT2D eigenvalue weighted by Crippen LogP contribution is 2.39. The van der Waals surface area contributed by atoms with Gasteiger partial charge in [0.25, 0.3) is 11.8 Å². The number of ether oxygens (including phenoxy) is 2. The number of nitrogens with one attached hydrogen (secondary N) is 2. The van der Waals surface area contributed by atoms with Crippen molar-refractivity contribution in [3.63, 3.8) is 0 Å². The van der Waals surface area contributed by atoms with Crippen LogP contribution in [0.3, 0.4) is 0 Å². The van der Waals surface area contributed by atoms with E-state index in [0.717, 1.165) is 57.7 Å². The summed E-state index contributed by atoms with van der Waals surface area (Å²) in [5.74, 6) is 1.27. The summed E-state index contributed by atoms with van der Waals surface area (Å²) in [6, 6.07) is 18.7. The highest BCUT2D eigenvalue weighted by atomic mass is 19.1. The molecule has 7 rings (SSSR count). The summed E-state index contributed by atoms with van der Waals surface area (Å²) in [7, 11) is 1.69. The molecule has 2 amide bonds. The van der Waals surface area contributed by atoms with E-state index < -0.39 is 0 Å². The van der Waals surface area contributed by atoms with E-state index in [9.17, 15) is 18.4 Å². The highest BCUT2D eigenvalue weighted by Gasteiger charge is 2.28. The van der Waals surface area contributed by atoms with Crippen LogP contribution in [0.4, 0.5) is 20.2 Å². The molecule has 50 heavy (non-hydrogen) atoms. The number of carbonyl (C=O) groups excluding carboxylic acids is 2. The standard InChI is InChI=1S/C22H24FNO2.C20H18FNO2/c1-12(2)17-8-14(9-18(13(3)4)21(17)26-5)10-19-16-7-6-15(23)11-20(16)24-22(19)25;1-20(2)8-7-13-9-12(3-6-18(13)24-20)10-16-15-11-14(21)4-5-17(15)22-19(16)23/h6-13H,1-5H3,(H,24,25);3-6,9-11H,7-8H2,1-2H3,(H,22,23). The maximum Gasteiger partial charge on any atom is 0.256 e. The molecule has 0 radical (unpaired) electrons. The van der Waals surface area contributed by atoms with E-state index in [2.05, 4.69) is 64.3 Å². The highest BCUT2D eigenvalue weighted by molar-refractivity contribution is 6.35. The third kappa shape index (κ3) is 7.06. The smallest absolute Gasteiger partial charge is 0.256 e. The van der Waals surface area contributed by atoms with Crippen LogP contribution in [-0.2, 0) is 16.0 Å². The van der Waals surface area contributed by atoms with Crippen LogP contribution < -0.4 is 20.1 Å². The van der Waals surface area contributed by atoms with Crippen LogP contribution >= 0.6 is 0 Å². The van der Waals surface area contributed by atoms with Gasteiger partial charge >= 0.3 is 0 Å². The van der Waals surface area contributed by atoms with Crippen LogP contribution in [0.1, 0.15) is 98.7 Å². The maximum atomic E-state index is 13.5. The topological polar surface area (TPSA) is 76.7 Å². The first kappa shape index (κ1) is 34.6. The molecule has 3 aliphatic heterocycles. The van der Waals surface area contributed by atoms with Crippen LogP contribution in [0.5, 0.6) is 11.5 Å². The van der Waals surface area contributed by atoms with Crippen molar-refractivity contribution in [2.24, 2.45) is 0 Å². The maximum absolute atomic E-state index is 13.5. The SMILES string of the molecule is CC1(C)CCc2cc(C=C3C(=O)Nc4ccc(F)cc43)ccc2O1.COc1c(C(C)C)cc(C=C2C(=O)Nc3cc(F)ccc32)cc1C(C)C. The van der Waals surface area contributed by atoms with Gasteiger partial charge in [0.2, 0.25) is 0 Å². The number of benzene rings is 4.